The number of thioether (sulfide) groups is 1. The number of hydrazone groups is 1. The van der Waals surface area contributed by atoms with Crippen molar-refractivity contribution >= 4 is 23.9 Å². The molecule has 4 rings (SSSR count). The fraction of sp³-hybridized carbons (Fsp3) is 0.214. The number of hydrogen-bond donors (Lipinski definition) is 2. The van der Waals surface area contributed by atoms with E-state index in [0.717, 1.165) is 5.69 Å². The van der Waals surface area contributed by atoms with Gasteiger partial charge in [0.25, 0.3) is 5.91 Å². The predicted octanol–water partition coefficient (Wildman–Crippen LogP) is 4.31. The van der Waals surface area contributed by atoms with Gasteiger partial charge < -0.3 is 24.1 Å². The van der Waals surface area contributed by atoms with Crippen molar-refractivity contribution in [3.05, 3.63) is 66.2 Å². The maximum absolute atomic E-state index is 12.6. The van der Waals surface area contributed by atoms with E-state index >= 15 is 0 Å². The summed E-state index contributed by atoms with van der Waals surface area (Å²) >= 11 is 1.21. The Labute approximate surface area is 235 Å². The lowest BCUT2D eigenvalue weighted by Crippen LogP contribution is -2.20. The van der Waals surface area contributed by atoms with Gasteiger partial charge in [0.15, 0.2) is 34.0 Å². The minimum Gasteiger partial charge on any atom is -0.504 e. The van der Waals surface area contributed by atoms with Gasteiger partial charge in [-0.2, -0.15) is 5.10 Å². The number of para-hydroxylation sites is 1. The van der Waals surface area contributed by atoms with Crippen molar-refractivity contribution in [2.75, 3.05) is 33.7 Å². The van der Waals surface area contributed by atoms with Crippen molar-refractivity contribution < 1.29 is 28.8 Å². The number of rotatable bonds is 12. The fourth-order valence-electron chi connectivity index (χ4n) is 3.79. The lowest BCUT2D eigenvalue weighted by Gasteiger charge is -2.15. The lowest BCUT2D eigenvalue weighted by molar-refractivity contribution is -0.118. The average Bonchev–Trinajstić information content (AvgIpc) is 3.41. The molecule has 1 heterocycles. The van der Waals surface area contributed by atoms with Crippen molar-refractivity contribution in [3.8, 4) is 45.8 Å². The third kappa shape index (κ3) is 6.46. The number of ether oxygens (including phenoxy) is 4. The molecule has 40 heavy (non-hydrogen) atoms. The maximum Gasteiger partial charge on any atom is 0.250 e. The molecule has 0 aliphatic rings. The summed E-state index contributed by atoms with van der Waals surface area (Å²) < 4.78 is 23.7. The number of hydrogen-bond acceptors (Lipinski definition) is 10. The third-order valence-electron chi connectivity index (χ3n) is 5.59. The second kappa shape index (κ2) is 13.4. The molecule has 1 amide bonds. The molecule has 0 spiro atoms. The van der Waals surface area contributed by atoms with Crippen LogP contribution in [0.1, 0.15) is 12.5 Å². The Morgan fingerprint density at radius 2 is 1.73 bits per heavy atom. The lowest BCUT2D eigenvalue weighted by atomic mass is 10.1. The standard InChI is InChI=1S/C28H29N5O6S/c1-5-39-22-13-18(11-12-21(22)34)16-29-30-25(35)17-40-28-32-31-27(33(28)20-9-7-6-8-10-20)19-14-23(36-2)26(38-4)24(15-19)37-3/h6-16,34H,5,17H2,1-4H3,(H,30,35)/b29-16-. The Balaban J connectivity index is 1.55. The number of aromatic nitrogens is 3. The average molecular weight is 564 g/mol. The van der Waals surface area contributed by atoms with Gasteiger partial charge >= 0.3 is 0 Å². The fourth-order valence-corrected chi connectivity index (χ4v) is 4.54. The molecule has 0 aliphatic heterocycles. The van der Waals surface area contributed by atoms with E-state index in [4.69, 9.17) is 18.9 Å². The van der Waals surface area contributed by atoms with Crippen LogP contribution in [0.15, 0.2) is 70.9 Å². The molecule has 1 aromatic heterocycles. The van der Waals surface area contributed by atoms with Crippen LogP contribution < -0.4 is 24.4 Å². The SMILES string of the molecule is CCOc1cc(/C=N\NC(=O)CSc2nnc(-c3cc(OC)c(OC)c(OC)c3)n2-c2ccccc2)ccc1O. The normalized spacial score (nSPS) is 10.9. The smallest absolute Gasteiger partial charge is 0.250 e. The monoisotopic (exact) mass is 563 g/mol. The van der Waals surface area contributed by atoms with Crippen LogP contribution >= 0.6 is 11.8 Å². The Bertz CT molecular complexity index is 1470. The molecular weight excluding hydrogens is 534 g/mol. The van der Waals surface area contributed by atoms with Crippen molar-refractivity contribution in [1.82, 2.24) is 20.2 Å². The Kier molecular flexibility index (Phi) is 9.47. The van der Waals surface area contributed by atoms with Crippen LogP contribution in [-0.2, 0) is 4.79 Å². The number of carbonyl (C=O) groups excluding carboxylic acids is 1. The van der Waals surface area contributed by atoms with E-state index in [0.29, 0.717) is 51.7 Å². The molecule has 0 saturated heterocycles. The summed E-state index contributed by atoms with van der Waals surface area (Å²) in [6.07, 6.45) is 1.47. The molecule has 0 aliphatic carbocycles. The van der Waals surface area contributed by atoms with Crippen LogP contribution in [0.2, 0.25) is 0 Å². The largest absolute Gasteiger partial charge is 0.504 e. The number of benzene rings is 3. The summed E-state index contributed by atoms with van der Waals surface area (Å²) in [6, 6.07) is 18.0. The number of nitrogens with one attached hydrogen (secondary N) is 1. The highest BCUT2D eigenvalue weighted by molar-refractivity contribution is 7.99. The van der Waals surface area contributed by atoms with Gasteiger partial charge in [0.2, 0.25) is 5.75 Å². The van der Waals surface area contributed by atoms with Gasteiger partial charge in [-0.25, -0.2) is 5.43 Å². The van der Waals surface area contributed by atoms with Crippen LogP contribution in [0.5, 0.6) is 28.7 Å². The van der Waals surface area contributed by atoms with Crippen molar-refractivity contribution in [2.45, 2.75) is 12.1 Å². The first-order valence-electron chi connectivity index (χ1n) is 12.2. The summed E-state index contributed by atoms with van der Waals surface area (Å²) in [5.74, 6) is 2.04. The van der Waals surface area contributed by atoms with E-state index in [2.05, 4.69) is 20.7 Å². The summed E-state index contributed by atoms with van der Waals surface area (Å²) in [7, 11) is 4.63. The highest BCUT2D eigenvalue weighted by Gasteiger charge is 2.21. The molecule has 0 saturated carbocycles. The number of nitrogens with zero attached hydrogens (tertiary/aromatic N) is 4. The second-order valence-corrected chi connectivity index (χ2v) is 9.08. The molecule has 4 aromatic rings. The molecule has 0 atom stereocenters. The molecule has 2 N–H and O–H groups in total. The molecule has 0 fully saturated rings. The van der Waals surface area contributed by atoms with Gasteiger partial charge in [-0.3, -0.25) is 9.36 Å². The van der Waals surface area contributed by atoms with Gasteiger partial charge in [-0.05, 0) is 55.0 Å². The van der Waals surface area contributed by atoms with Crippen LogP contribution in [0, 0.1) is 0 Å². The van der Waals surface area contributed by atoms with Gasteiger partial charge in [-0.1, -0.05) is 30.0 Å². The van der Waals surface area contributed by atoms with E-state index in [-0.39, 0.29) is 17.4 Å². The third-order valence-corrected chi connectivity index (χ3v) is 6.52. The number of phenolic OH excluding ortho intramolecular Hbond substituents is 1. The first-order chi connectivity index (χ1) is 19.5. The molecule has 0 bridgehead atoms. The Morgan fingerprint density at radius 3 is 2.38 bits per heavy atom. The summed E-state index contributed by atoms with van der Waals surface area (Å²) in [5.41, 5.74) is 4.67. The van der Waals surface area contributed by atoms with Gasteiger partial charge in [0, 0.05) is 11.3 Å². The van der Waals surface area contributed by atoms with Crippen molar-refractivity contribution in [1.29, 1.82) is 0 Å². The second-order valence-electron chi connectivity index (χ2n) is 8.13. The predicted molar refractivity (Wildman–Crippen MR) is 152 cm³/mol. The summed E-state index contributed by atoms with van der Waals surface area (Å²) in [6.45, 7) is 2.24. The molecule has 0 radical (unpaired) electrons. The van der Waals surface area contributed by atoms with Crippen molar-refractivity contribution in [2.24, 2.45) is 5.10 Å². The zero-order chi connectivity index (χ0) is 28.5. The van der Waals surface area contributed by atoms with E-state index in [1.54, 1.807) is 45.6 Å². The highest BCUT2D eigenvalue weighted by atomic mass is 32.2. The molecule has 208 valence electrons. The zero-order valence-corrected chi connectivity index (χ0v) is 23.3. The number of methoxy groups -OCH3 is 3. The zero-order valence-electron chi connectivity index (χ0n) is 22.5. The number of carbonyl (C=O) groups is 1. The van der Waals surface area contributed by atoms with E-state index in [1.165, 1.54) is 24.0 Å². The van der Waals surface area contributed by atoms with Crippen LogP contribution in [0.25, 0.3) is 17.1 Å². The van der Waals surface area contributed by atoms with Crippen molar-refractivity contribution in [3.63, 3.8) is 0 Å². The van der Waals surface area contributed by atoms with E-state index in [9.17, 15) is 9.90 Å². The molecule has 12 heteroatoms. The Hall–Kier alpha value is -4.71. The van der Waals surface area contributed by atoms with Gasteiger partial charge in [-0.15, -0.1) is 10.2 Å². The Morgan fingerprint density at radius 1 is 1.00 bits per heavy atom. The minimum absolute atomic E-state index is 0.0351. The number of amides is 1. The molecular formula is C28H29N5O6S. The molecule has 0 unspecified atom stereocenters. The van der Waals surface area contributed by atoms with E-state index < -0.39 is 0 Å². The first kappa shape index (κ1) is 28.3. The summed E-state index contributed by atoms with van der Waals surface area (Å²) in [4.78, 5) is 12.6. The highest BCUT2D eigenvalue weighted by Crippen LogP contribution is 2.41. The molecule has 11 nitrogen and oxygen atoms in total. The summed E-state index contributed by atoms with van der Waals surface area (Å²) in [5, 5.41) is 23.2. The minimum atomic E-state index is -0.331. The first-order valence-corrected chi connectivity index (χ1v) is 13.2. The van der Waals surface area contributed by atoms with E-state index in [1.807, 2.05) is 41.8 Å². The number of aromatic hydroxyl groups is 1. The maximum atomic E-state index is 12.6. The van der Waals surface area contributed by atoms with Crippen LogP contribution in [0.4, 0.5) is 0 Å². The van der Waals surface area contributed by atoms with Gasteiger partial charge in [0.05, 0.1) is 39.9 Å². The van der Waals surface area contributed by atoms with Crippen LogP contribution in [0.3, 0.4) is 0 Å². The number of phenols is 1. The van der Waals surface area contributed by atoms with Gasteiger partial charge in [0.1, 0.15) is 0 Å². The topological polar surface area (TPSA) is 129 Å². The van der Waals surface area contributed by atoms with Crippen LogP contribution in [-0.4, -0.2) is 65.7 Å². The quantitative estimate of drug-likeness (QED) is 0.147. The molecule has 3 aromatic carbocycles.